The summed E-state index contributed by atoms with van der Waals surface area (Å²) in [6, 6.07) is 13.3. The summed E-state index contributed by atoms with van der Waals surface area (Å²) in [5.41, 5.74) is 0.600. The van der Waals surface area contributed by atoms with Gasteiger partial charge in [-0.25, -0.2) is 14.4 Å². The zero-order valence-corrected chi connectivity index (χ0v) is 15.6. The number of carbonyl (C=O) groups excluding carboxylic acids is 2. The molecule has 0 spiro atoms. The Labute approximate surface area is 155 Å². The molecule has 27 heavy (non-hydrogen) atoms. The third-order valence-corrected chi connectivity index (χ3v) is 3.87. The highest BCUT2D eigenvalue weighted by Gasteiger charge is 2.24. The van der Waals surface area contributed by atoms with Crippen molar-refractivity contribution in [2.45, 2.75) is 26.4 Å². The first-order chi connectivity index (χ1) is 12.7. The Bertz CT molecular complexity index is 1070. The lowest BCUT2D eigenvalue weighted by molar-refractivity contribution is 0.0536. The molecule has 0 N–H and O–H groups in total. The Hall–Kier alpha value is -3.35. The fraction of sp³-hybridized carbons (Fsp3) is 0.250. The summed E-state index contributed by atoms with van der Waals surface area (Å²) in [6.07, 6.45) is -0.742. The van der Waals surface area contributed by atoms with E-state index in [1.807, 2.05) is 0 Å². The minimum absolute atomic E-state index is 0.366. The third kappa shape index (κ3) is 3.48. The molecule has 1 heterocycles. The van der Waals surface area contributed by atoms with E-state index in [1.54, 1.807) is 69.3 Å². The Balaban J connectivity index is 2.17. The predicted octanol–water partition coefficient (Wildman–Crippen LogP) is 3.36. The number of ether oxygens (including phenoxy) is 2. The molecule has 0 saturated carbocycles. The van der Waals surface area contributed by atoms with Crippen LogP contribution in [0.1, 0.15) is 31.1 Å². The molecule has 1 aromatic heterocycles. The highest BCUT2D eigenvalue weighted by Crippen LogP contribution is 2.19. The van der Waals surface area contributed by atoms with Crippen LogP contribution in [0.15, 0.2) is 53.3 Å². The van der Waals surface area contributed by atoms with Crippen molar-refractivity contribution in [3.05, 3.63) is 64.6 Å². The van der Waals surface area contributed by atoms with Gasteiger partial charge in [-0.2, -0.15) is 4.57 Å². The monoisotopic (exact) mass is 368 g/mol. The molecule has 0 saturated heterocycles. The van der Waals surface area contributed by atoms with E-state index in [1.165, 1.54) is 11.7 Å². The first-order valence-electron chi connectivity index (χ1n) is 8.37. The van der Waals surface area contributed by atoms with Gasteiger partial charge in [0.05, 0.1) is 29.4 Å². The molecule has 7 nitrogen and oxygen atoms in total. The van der Waals surface area contributed by atoms with Crippen LogP contribution in [-0.2, 0) is 9.47 Å². The van der Waals surface area contributed by atoms with Gasteiger partial charge in [0.2, 0.25) is 0 Å². The maximum absolute atomic E-state index is 13.0. The number of nitrogens with zero attached hydrogens (tertiary/aromatic N) is 2. The van der Waals surface area contributed by atoms with E-state index in [4.69, 9.17) is 4.74 Å². The molecule has 0 fully saturated rings. The number of aromatic nitrogens is 2. The van der Waals surface area contributed by atoms with Gasteiger partial charge in [-0.05, 0) is 57.2 Å². The Kier molecular flexibility index (Phi) is 4.61. The van der Waals surface area contributed by atoms with E-state index >= 15 is 0 Å². The molecule has 0 bridgehead atoms. The van der Waals surface area contributed by atoms with Gasteiger partial charge in [-0.15, -0.1) is 0 Å². The molecule has 3 rings (SSSR count). The van der Waals surface area contributed by atoms with Crippen LogP contribution in [0.5, 0.6) is 0 Å². The van der Waals surface area contributed by atoms with Gasteiger partial charge in [0.15, 0.2) is 0 Å². The van der Waals surface area contributed by atoms with E-state index in [2.05, 4.69) is 4.74 Å². The number of fused-ring (bicyclic) bond motifs is 1. The maximum Gasteiger partial charge on any atom is 0.423 e. The van der Waals surface area contributed by atoms with Gasteiger partial charge in [-0.3, -0.25) is 4.57 Å². The van der Waals surface area contributed by atoms with Gasteiger partial charge in [0.25, 0.3) is 0 Å². The van der Waals surface area contributed by atoms with E-state index in [0.717, 1.165) is 4.57 Å². The zero-order valence-electron chi connectivity index (χ0n) is 15.6. The highest BCUT2D eigenvalue weighted by molar-refractivity contribution is 5.90. The van der Waals surface area contributed by atoms with Gasteiger partial charge in [0, 0.05) is 0 Å². The van der Waals surface area contributed by atoms with Crippen LogP contribution in [0.2, 0.25) is 0 Å². The largest absolute Gasteiger partial charge is 0.465 e. The molecule has 0 amide bonds. The van der Waals surface area contributed by atoms with Gasteiger partial charge in [0.1, 0.15) is 5.60 Å². The van der Waals surface area contributed by atoms with Crippen LogP contribution >= 0.6 is 0 Å². The van der Waals surface area contributed by atoms with Crippen molar-refractivity contribution in [2.75, 3.05) is 7.11 Å². The average molecular weight is 368 g/mol. The molecule has 0 radical (unpaired) electrons. The van der Waals surface area contributed by atoms with Crippen molar-refractivity contribution in [3.8, 4) is 5.69 Å². The van der Waals surface area contributed by atoms with E-state index in [-0.39, 0.29) is 0 Å². The summed E-state index contributed by atoms with van der Waals surface area (Å²) in [7, 11) is 1.30. The number of imidazole rings is 1. The lowest BCUT2D eigenvalue weighted by atomic mass is 10.2. The van der Waals surface area contributed by atoms with Crippen molar-refractivity contribution >= 4 is 23.1 Å². The quantitative estimate of drug-likeness (QED) is 0.648. The van der Waals surface area contributed by atoms with Crippen molar-refractivity contribution in [2.24, 2.45) is 0 Å². The Morgan fingerprint density at radius 1 is 0.926 bits per heavy atom. The number of hydrogen-bond acceptors (Lipinski definition) is 5. The van der Waals surface area contributed by atoms with Crippen LogP contribution in [0.4, 0.5) is 4.79 Å². The summed E-state index contributed by atoms with van der Waals surface area (Å²) in [5, 5.41) is 0. The Morgan fingerprint density at radius 3 is 2.07 bits per heavy atom. The van der Waals surface area contributed by atoms with Crippen LogP contribution < -0.4 is 5.69 Å². The minimum Gasteiger partial charge on any atom is -0.465 e. The molecular weight excluding hydrogens is 348 g/mol. The number of para-hydroxylation sites is 2. The van der Waals surface area contributed by atoms with Crippen LogP contribution in [0.3, 0.4) is 0 Å². The summed E-state index contributed by atoms with van der Waals surface area (Å²) in [6.45, 7) is 5.21. The molecule has 140 valence electrons. The second kappa shape index (κ2) is 6.75. The Morgan fingerprint density at radius 2 is 1.52 bits per heavy atom. The molecule has 0 aliphatic heterocycles. The average Bonchev–Trinajstić information content (AvgIpc) is 2.91. The predicted molar refractivity (Wildman–Crippen MR) is 101 cm³/mol. The van der Waals surface area contributed by atoms with Gasteiger partial charge in [-0.1, -0.05) is 12.1 Å². The minimum atomic E-state index is -0.742. The molecular formula is C20H20N2O5. The molecule has 7 heteroatoms. The summed E-state index contributed by atoms with van der Waals surface area (Å²) < 4.78 is 12.5. The topological polar surface area (TPSA) is 79.5 Å². The standard InChI is InChI=1S/C20H20N2O5/c1-20(2,3)27-19(25)22-16-8-6-5-7-15(16)21(18(22)24)14-11-9-13(10-12-14)17(23)26-4/h5-12H,1-4H3. The smallest absolute Gasteiger partial charge is 0.423 e. The highest BCUT2D eigenvalue weighted by atomic mass is 16.6. The number of hydrogen-bond donors (Lipinski definition) is 0. The van der Waals surface area contributed by atoms with Crippen molar-refractivity contribution in [3.63, 3.8) is 0 Å². The first kappa shape index (κ1) is 18.4. The molecule has 0 aliphatic carbocycles. The van der Waals surface area contributed by atoms with Gasteiger partial charge < -0.3 is 9.47 Å². The van der Waals surface area contributed by atoms with Crippen LogP contribution in [-0.4, -0.2) is 33.9 Å². The third-order valence-electron chi connectivity index (χ3n) is 3.87. The number of methoxy groups -OCH3 is 1. The zero-order chi connectivity index (χ0) is 19.8. The fourth-order valence-electron chi connectivity index (χ4n) is 2.75. The van der Waals surface area contributed by atoms with E-state index in [9.17, 15) is 14.4 Å². The number of carbonyl (C=O) groups is 2. The fourth-order valence-corrected chi connectivity index (χ4v) is 2.75. The molecule has 2 aromatic carbocycles. The second-order valence-electron chi connectivity index (χ2n) is 6.96. The first-order valence-corrected chi connectivity index (χ1v) is 8.37. The normalized spacial score (nSPS) is 11.4. The van der Waals surface area contributed by atoms with Crippen LogP contribution in [0, 0.1) is 0 Å². The van der Waals surface area contributed by atoms with E-state index in [0.29, 0.717) is 22.3 Å². The maximum atomic E-state index is 13.0. The number of benzene rings is 2. The lowest BCUT2D eigenvalue weighted by Gasteiger charge is -2.19. The van der Waals surface area contributed by atoms with Crippen molar-refractivity contribution in [1.82, 2.24) is 9.13 Å². The lowest BCUT2D eigenvalue weighted by Crippen LogP contribution is -2.34. The molecule has 0 aliphatic rings. The molecule has 3 aromatic rings. The molecule has 0 atom stereocenters. The summed E-state index contributed by atoms with van der Waals surface area (Å²) >= 11 is 0. The summed E-state index contributed by atoms with van der Waals surface area (Å²) in [4.78, 5) is 37.2. The summed E-state index contributed by atoms with van der Waals surface area (Å²) in [5.74, 6) is -0.468. The second-order valence-corrected chi connectivity index (χ2v) is 6.96. The number of rotatable bonds is 2. The van der Waals surface area contributed by atoms with Gasteiger partial charge >= 0.3 is 17.8 Å². The SMILES string of the molecule is COC(=O)c1ccc(-n2c(=O)n(C(=O)OC(C)(C)C)c3ccccc32)cc1. The van der Waals surface area contributed by atoms with Crippen LogP contribution in [0.25, 0.3) is 16.7 Å². The number of esters is 1. The molecule has 0 unspecified atom stereocenters. The van der Waals surface area contributed by atoms with E-state index < -0.39 is 23.4 Å². The van der Waals surface area contributed by atoms with Crippen molar-refractivity contribution < 1.29 is 19.1 Å². The van der Waals surface area contributed by atoms with Crippen molar-refractivity contribution in [1.29, 1.82) is 0 Å².